The van der Waals surface area contributed by atoms with Crippen LogP contribution in [0.15, 0.2) is 22.7 Å². The Hall–Kier alpha value is -0.870. The third kappa shape index (κ3) is 3.90. The van der Waals surface area contributed by atoms with Gasteiger partial charge in [0.15, 0.2) is 6.54 Å². The van der Waals surface area contributed by atoms with Gasteiger partial charge in [0.25, 0.3) is 5.91 Å². The number of benzene rings is 1. The summed E-state index contributed by atoms with van der Waals surface area (Å²) in [5.74, 6) is 1.93. The highest BCUT2D eigenvalue weighted by atomic mass is 79.9. The van der Waals surface area contributed by atoms with Crippen molar-refractivity contribution in [3.05, 3.63) is 28.2 Å². The van der Waals surface area contributed by atoms with Crippen LogP contribution < -0.4 is 10.2 Å². The van der Waals surface area contributed by atoms with Crippen molar-refractivity contribution in [3.8, 4) is 0 Å². The van der Waals surface area contributed by atoms with Crippen LogP contribution in [-0.2, 0) is 4.79 Å². The lowest BCUT2D eigenvalue weighted by Crippen LogP contribution is -3.15. The summed E-state index contributed by atoms with van der Waals surface area (Å²) in [5.41, 5.74) is 2.07. The number of rotatable bonds is 3. The lowest BCUT2D eigenvalue weighted by Gasteiger charge is -2.38. The van der Waals surface area contributed by atoms with E-state index in [4.69, 9.17) is 0 Å². The molecule has 1 aliphatic carbocycles. The molecule has 1 saturated heterocycles. The number of anilines is 1. The predicted molar refractivity (Wildman–Crippen MR) is 93.1 cm³/mol. The average Bonchev–Trinajstić information content (AvgIpc) is 2.50. The molecule has 1 aliphatic heterocycles. The fraction of sp³-hybridized carbons (Fsp3) is 0.611. The van der Waals surface area contributed by atoms with E-state index < -0.39 is 0 Å². The zero-order valence-corrected chi connectivity index (χ0v) is 14.9. The van der Waals surface area contributed by atoms with Gasteiger partial charge in [0.05, 0.1) is 18.8 Å². The van der Waals surface area contributed by atoms with Crippen molar-refractivity contribution >= 4 is 27.5 Å². The van der Waals surface area contributed by atoms with Crippen molar-refractivity contribution in [2.45, 2.75) is 39.0 Å². The van der Waals surface area contributed by atoms with Crippen molar-refractivity contribution in [1.29, 1.82) is 0 Å². The third-order valence-electron chi connectivity index (χ3n) is 5.30. The highest BCUT2D eigenvalue weighted by Crippen LogP contribution is 2.32. The molecule has 1 amide bonds. The van der Waals surface area contributed by atoms with Crippen LogP contribution in [0.2, 0.25) is 0 Å². The lowest BCUT2D eigenvalue weighted by molar-refractivity contribution is -0.902. The van der Waals surface area contributed by atoms with Crippen LogP contribution in [0.3, 0.4) is 0 Å². The molecule has 2 fully saturated rings. The fourth-order valence-corrected chi connectivity index (χ4v) is 4.69. The molecule has 1 aromatic carbocycles. The lowest BCUT2D eigenvalue weighted by atomic mass is 9.75. The molecular weight excluding hydrogens is 340 g/mol. The number of piperidine rings is 1. The Morgan fingerprint density at radius 3 is 2.82 bits per heavy atom. The molecule has 1 heterocycles. The summed E-state index contributed by atoms with van der Waals surface area (Å²) < 4.78 is 0.960. The second-order valence-electron chi connectivity index (χ2n) is 7.01. The van der Waals surface area contributed by atoms with E-state index in [2.05, 4.69) is 28.2 Å². The first-order valence-corrected chi connectivity index (χ1v) is 9.30. The van der Waals surface area contributed by atoms with Gasteiger partial charge in [0.1, 0.15) is 0 Å². The summed E-state index contributed by atoms with van der Waals surface area (Å²) >= 11 is 3.52. The van der Waals surface area contributed by atoms with Gasteiger partial charge in [-0.25, -0.2) is 0 Å². The first kappa shape index (κ1) is 16.0. The number of likely N-dealkylation sites (tertiary alicyclic amines) is 1. The number of quaternary nitrogens is 1. The fourth-order valence-electron chi connectivity index (χ4n) is 4.10. The molecular formula is C18H26BrN2O+. The Balaban J connectivity index is 1.53. The summed E-state index contributed by atoms with van der Waals surface area (Å²) in [7, 11) is 0. The number of nitrogens with one attached hydrogen (secondary N) is 2. The molecule has 4 heteroatoms. The van der Waals surface area contributed by atoms with Gasteiger partial charge in [0, 0.05) is 10.4 Å². The Morgan fingerprint density at radius 2 is 2.05 bits per heavy atom. The average molecular weight is 366 g/mol. The molecule has 2 aliphatic rings. The third-order valence-corrected chi connectivity index (χ3v) is 5.95. The molecule has 22 heavy (non-hydrogen) atoms. The molecule has 120 valence electrons. The number of fused-ring (bicyclic) bond motifs is 1. The molecule has 0 radical (unpaired) electrons. The minimum Gasteiger partial charge on any atom is -0.327 e. The molecule has 1 aromatic rings. The van der Waals surface area contributed by atoms with E-state index in [1.165, 1.54) is 49.1 Å². The summed E-state index contributed by atoms with van der Waals surface area (Å²) in [6.07, 6.45) is 6.90. The Kier molecular flexibility index (Phi) is 5.19. The van der Waals surface area contributed by atoms with E-state index in [0.717, 1.165) is 28.5 Å². The molecule has 3 atom stereocenters. The van der Waals surface area contributed by atoms with Gasteiger partial charge in [-0.15, -0.1) is 0 Å². The van der Waals surface area contributed by atoms with Crippen LogP contribution in [0.5, 0.6) is 0 Å². The van der Waals surface area contributed by atoms with E-state index in [1.807, 2.05) is 18.2 Å². The Labute approximate surface area is 141 Å². The van der Waals surface area contributed by atoms with Crippen LogP contribution in [0.25, 0.3) is 0 Å². The maximum Gasteiger partial charge on any atom is 0.279 e. The summed E-state index contributed by atoms with van der Waals surface area (Å²) in [6, 6.07) is 6.04. The summed E-state index contributed by atoms with van der Waals surface area (Å²) in [4.78, 5) is 13.8. The number of aryl methyl sites for hydroxylation is 1. The van der Waals surface area contributed by atoms with E-state index in [9.17, 15) is 4.79 Å². The zero-order valence-electron chi connectivity index (χ0n) is 13.3. The molecule has 1 unspecified atom stereocenters. The van der Waals surface area contributed by atoms with Gasteiger partial charge in [-0.3, -0.25) is 4.79 Å². The van der Waals surface area contributed by atoms with Crippen LogP contribution in [-0.4, -0.2) is 25.5 Å². The first-order valence-electron chi connectivity index (χ1n) is 8.51. The summed E-state index contributed by atoms with van der Waals surface area (Å²) in [6.45, 7) is 5.00. The van der Waals surface area contributed by atoms with E-state index >= 15 is 0 Å². The molecule has 0 aromatic heterocycles. The van der Waals surface area contributed by atoms with E-state index in [-0.39, 0.29) is 5.91 Å². The van der Waals surface area contributed by atoms with E-state index in [1.54, 1.807) is 0 Å². The van der Waals surface area contributed by atoms with Crippen LogP contribution in [0.1, 0.15) is 37.7 Å². The number of hydrogen-bond acceptors (Lipinski definition) is 1. The normalized spacial score (nSPS) is 28.0. The number of carbonyl (C=O) groups is 1. The van der Waals surface area contributed by atoms with Crippen molar-refractivity contribution in [2.75, 3.05) is 25.0 Å². The molecule has 3 rings (SSSR count). The Bertz CT molecular complexity index is 546. The molecule has 0 bridgehead atoms. The van der Waals surface area contributed by atoms with Crippen LogP contribution in [0.4, 0.5) is 5.69 Å². The maximum atomic E-state index is 12.3. The largest absolute Gasteiger partial charge is 0.327 e. The molecule has 2 N–H and O–H groups in total. The van der Waals surface area contributed by atoms with Crippen molar-refractivity contribution < 1.29 is 9.69 Å². The SMILES string of the molecule is Cc1ccc(NC(=O)C[NH+]2CC[C@@H]3CCCC[C@@H]3C2)c(Br)c1. The smallest absolute Gasteiger partial charge is 0.279 e. The van der Waals surface area contributed by atoms with Gasteiger partial charge in [-0.2, -0.15) is 0 Å². The zero-order chi connectivity index (χ0) is 15.5. The molecule has 3 nitrogen and oxygen atoms in total. The van der Waals surface area contributed by atoms with Gasteiger partial charge < -0.3 is 10.2 Å². The maximum absolute atomic E-state index is 12.3. The number of hydrogen-bond donors (Lipinski definition) is 2. The summed E-state index contributed by atoms with van der Waals surface area (Å²) in [5, 5.41) is 3.05. The van der Waals surface area contributed by atoms with Gasteiger partial charge in [-0.1, -0.05) is 18.9 Å². The second kappa shape index (κ2) is 7.14. The predicted octanol–water partition coefficient (Wildman–Crippen LogP) is 2.79. The quantitative estimate of drug-likeness (QED) is 0.848. The second-order valence-corrected chi connectivity index (χ2v) is 7.86. The van der Waals surface area contributed by atoms with Crippen molar-refractivity contribution in [2.24, 2.45) is 11.8 Å². The van der Waals surface area contributed by atoms with E-state index in [0.29, 0.717) is 6.54 Å². The number of carbonyl (C=O) groups excluding carboxylic acids is 1. The highest BCUT2D eigenvalue weighted by molar-refractivity contribution is 9.10. The Morgan fingerprint density at radius 1 is 1.27 bits per heavy atom. The van der Waals surface area contributed by atoms with Gasteiger partial charge >= 0.3 is 0 Å². The van der Waals surface area contributed by atoms with Gasteiger partial charge in [-0.05, 0) is 65.7 Å². The van der Waals surface area contributed by atoms with Crippen LogP contribution >= 0.6 is 15.9 Å². The number of halogens is 1. The number of amides is 1. The highest BCUT2D eigenvalue weighted by Gasteiger charge is 2.34. The minimum atomic E-state index is 0.133. The van der Waals surface area contributed by atoms with Gasteiger partial charge in [0.2, 0.25) is 0 Å². The van der Waals surface area contributed by atoms with Crippen LogP contribution in [0, 0.1) is 18.8 Å². The topological polar surface area (TPSA) is 33.5 Å². The first-order chi connectivity index (χ1) is 10.6. The molecule has 0 spiro atoms. The monoisotopic (exact) mass is 365 g/mol. The molecule has 1 saturated carbocycles. The standard InChI is InChI=1S/C18H25BrN2O/c1-13-6-7-17(16(19)10-13)20-18(22)12-21-9-8-14-4-2-3-5-15(14)11-21/h6-7,10,14-15H,2-5,8-9,11-12H2,1H3,(H,20,22)/p+1/t14-,15+/m0/s1. The van der Waals surface area contributed by atoms with Crippen molar-refractivity contribution in [1.82, 2.24) is 0 Å². The van der Waals surface area contributed by atoms with Crippen molar-refractivity contribution in [3.63, 3.8) is 0 Å². The minimum absolute atomic E-state index is 0.133.